The van der Waals surface area contributed by atoms with Gasteiger partial charge in [0.25, 0.3) is 11.5 Å². The third-order valence-corrected chi connectivity index (χ3v) is 5.64. The van der Waals surface area contributed by atoms with Crippen LogP contribution in [0.25, 0.3) is 4.96 Å². The first-order valence-corrected chi connectivity index (χ1v) is 10.1. The Hall–Kier alpha value is -2.52. The van der Waals surface area contributed by atoms with Gasteiger partial charge >= 0.3 is 0 Å². The van der Waals surface area contributed by atoms with Crippen molar-refractivity contribution < 1.29 is 13.2 Å². The Labute approximate surface area is 147 Å². The molecule has 1 atom stereocenters. The van der Waals surface area contributed by atoms with E-state index in [1.54, 1.807) is 30.6 Å². The molecule has 3 aromatic rings. The number of hydrogen-bond acceptors (Lipinski definition) is 6. The van der Waals surface area contributed by atoms with E-state index >= 15 is 0 Å². The van der Waals surface area contributed by atoms with E-state index in [-0.39, 0.29) is 10.5 Å². The summed E-state index contributed by atoms with van der Waals surface area (Å²) in [4.78, 5) is 29.5. The van der Waals surface area contributed by atoms with Crippen molar-refractivity contribution in [2.45, 2.75) is 17.9 Å². The minimum absolute atomic E-state index is 0.0458. The highest BCUT2D eigenvalue weighted by molar-refractivity contribution is 7.90. The second-order valence-electron chi connectivity index (χ2n) is 5.57. The van der Waals surface area contributed by atoms with Crippen LogP contribution in [0.4, 0.5) is 0 Å². The number of thiazole rings is 1. The largest absolute Gasteiger partial charge is 0.345 e. The van der Waals surface area contributed by atoms with E-state index in [1.165, 1.54) is 34.1 Å². The fraction of sp³-hybridized carbons (Fsp3) is 0.188. The highest BCUT2D eigenvalue weighted by atomic mass is 32.2. The molecule has 0 unspecified atom stereocenters. The molecule has 1 aromatic carbocycles. The smallest absolute Gasteiger partial charge is 0.271 e. The molecule has 130 valence electrons. The molecule has 9 heteroatoms. The summed E-state index contributed by atoms with van der Waals surface area (Å²) in [5.74, 6) is -0.530. The Morgan fingerprint density at radius 2 is 1.96 bits per heavy atom. The van der Waals surface area contributed by atoms with E-state index < -0.39 is 27.3 Å². The van der Waals surface area contributed by atoms with E-state index in [9.17, 15) is 18.0 Å². The van der Waals surface area contributed by atoms with Gasteiger partial charge in [0.2, 0.25) is 0 Å². The highest BCUT2D eigenvalue weighted by Gasteiger charge is 2.17. The van der Waals surface area contributed by atoms with Crippen molar-refractivity contribution in [3.05, 3.63) is 63.5 Å². The zero-order valence-corrected chi connectivity index (χ0v) is 15.1. The number of fused-ring (bicyclic) bond motifs is 1. The normalized spacial score (nSPS) is 12.9. The van der Waals surface area contributed by atoms with Crippen LogP contribution in [-0.2, 0) is 9.84 Å². The molecular formula is C16H15N3O4S2. The van der Waals surface area contributed by atoms with Crippen LogP contribution < -0.4 is 10.9 Å². The molecule has 0 saturated heterocycles. The molecule has 0 fully saturated rings. The summed E-state index contributed by atoms with van der Waals surface area (Å²) in [6.45, 7) is 1.75. The molecule has 7 nitrogen and oxygen atoms in total. The molecule has 1 amide bonds. The molecule has 2 aromatic heterocycles. The van der Waals surface area contributed by atoms with Crippen molar-refractivity contribution >= 4 is 32.0 Å². The highest BCUT2D eigenvalue weighted by Crippen LogP contribution is 2.16. The molecule has 0 radical (unpaired) electrons. The molecule has 25 heavy (non-hydrogen) atoms. The molecule has 0 bridgehead atoms. The zero-order valence-electron chi connectivity index (χ0n) is 13.5. The van der Waals surface area contributed by atoms with Gasteiger partial charge in [-0.05, 0) is 24.6 Å². The van der Waals surface area contributed by atoms with Crippen molar-refractivity contribution in [3.8, 4) is 0 Å². The molecule has 2 heterocycles. The maximum absolute atomic E-state index is 12.4. The van der Waals surface area contributed by atoms with Gasteiger partial charge in [-0.3, -0.25) is 14.0 Å². The van der Waals surface area contributed by atoms with Crippen LogP contribution >= 0.6 is 11.3 Å². The first kappa shape index (κ1) is 17.3. The first-order valence-electron chi connectivity index (χ1n) is 7.33. The number of benzene rings is 1. The standard InChI is InChI=1S/C16H15N3O4S2/c1-10(11-3-5-12(6-4-11)25(2,22)23)18-14(20)13-9-17-16-19(15(13)21)7-8-24-16/h3-10H,1-2H3,(H,18,20)/t10-/m1/s1. The molecule has 0 spiro atoms. The summed E-state index contributed by atoms with van der Waals surface area (Å²) >= 11 is 1.31. The summed E-state index contributed by atoms with van der Waals surface area (Å²) in [5, 5.41) is 4.45. The van der Waals surface area contributed by atoms with Crippen LogP contribution in [0, 0.1) is 0 Å². The van der Waals surface area contributed by atoms with E-state index in [1.807, 2.05) is 0 Å². The van der Waals surface area contributed by atoms with Crippen LogP contribution in [0.15, 0.2) is 51.7 Å². The number of amides is 1. The van der Waals surface area contributed by atoms with Crippen LogP contribution in [0.2, 0.25) is 0 Å². The number of carbonyl (C=O) groups excluding carboxylic acids is 1. The van der Waals surface area contributed by atoms with Gasteiger partial charge in [0.15, 0.2) is 14.8 Å². The summed E-state index contributed by atoms with van der Waals surface area (Å²) < 4.78 is 24.3. The van der Waals surface area contributed by atoms with Crippen molar-refractivity contribution in [3.63, 3.8) is 0 Å². The monoisotopic (exact) mass is 377 g/mol. The Morgan fingerprint density at radius 1 is 1.28 bits per heavy atom. The third kappa shape index (κ3) is 3.47. The summed E-state index contributed by atoms with van der Waals surface area (Å²) in [6, 6.07) is 5.84. The predicted octanol–water partition coefficient (Wildman–Crippen LogP) is 1.65. The molecule has 0 aliphatic carbocycles. The van der Waals surface area contributed by atoms with Crippen molar-refractivity contribution in [2.24, 2.45) is 0 Å². The Bertz CT molecular complexity index is 1100. The lowest BCUT2D eigenvalue weighted by Crippen LogP contribution is -2.32. The van der Waals surface area contributed by atoms with Crippen molar-refractivity contribution in [1.82, 2.24) is 14.7 Å². The molecule has 0 aliphatic rings. The van der Waals surface area contributed by atoms with Crippen LogP contribution in [0.3, 0.4) is 0 Å². The van der Waals surface area contributed by atoms with Crippen LogP contribution in [-0.4, -0.2) is 30.0 Å². The number of carbonyl (C=O) groups is 1. The Balaban J connectivity index is 1.82. The molecule has 0 saturated carbocycles. The Morgan fingerprint density at radius 3 is 2.60 bits per heavy atom. The lowest BCUT2D eigenvalue weighted by molar-refractivity contribution is 0.0938. The average Bonchev–Trinajstić information content (AvgIpc) is 3.04. The SMILES string of the molecule is C[C@@H](NC(=O)c1cnc2sccn2c1=O)c1ccc(S(C)(=O)=O)cc1. The molecule has 1 N–H and O–H groups in total. The lowest BCUT2D eigenvalue weighted by atomic mass is 10.1. The van der Waals surface area contributed by atoms with E-state index in [0.717, 1.165) is 11.8 Å². The van der Waals surface area contributed by atoms with Gasteiger partial charge in [-0.15, -0.1) is 11.3 Å². The maximum Gasteiger partial charge on any atom is 0.271 e. The van der Waals surface area contributed by atoms with E-state index in [4.69, 9.17) is 0 Å². The van der Waals surface area contributed by atoms with Crippen molar-refractivity contribution in [1.29, 1.82) is 0 Å². The molecule has 3 rings (SSSR count). The average molecular weight is 377 g/mol. The van der Waals surface area contributed by atoms with Crippen LogP contribution in [0.1, 0.15) is 28.9 Å². The van der Waals surface area contributed by atoms with Gasteiger partial charge < -0.3 is 5.32 Å². The number of nitrogens with one attached hydrogen (secondary N) is 1. The first-order chi connectivity index (χ1) is 11.8. The van der Waals surface area contributed by atoms with Crippen molar-refractivity contribution in [2.75, 3.05) is 6.26 Å². The lowest BCUT2D eigenvalue weighted by Gasteiger charge is -2.14. The second-order valence-corrected chi connectivity index (χ2v) is 8.46. The quantitative estimate of drug-likeness (QED) is 0.746. The zero-order chi connectivity index (χ0) is 18.2. The molecular weight excluding hydrogens is 362 g/mol. The van der Waals surface area contributed by atoms with Gasteiger partial charge in [0.05, 0.1) is 10.9 Å². The number of nitrogens with zero attached hydrogens (tertiary/aromatic N) is 2. The summed E-state index contributed by atoms with van der Waals surface area (Å²) in [7, 11) is -3.27. The summed E-state index contributed by atoms with van der Waals surface area (Å²) in [6.07, 6.45) is 3.97. The van der Waals surface area contributed by atoms with Gasteiger partial charge in [-0.1, -0.05) is 12.1 Å². The van der Waals surface area contributed by atoms with E-state index in [2.05, 4.69) is 10.3 Å². The summed E-state index contributed by atoms with van der Waals surface area (Å²) in [5.41, 5.74) is 0.254. The second kappa shape index (κ2) is 6.41. The van der Waals surface area contributed by atoms with Gasteiger partial charge in [0.1, 0.15) is 5.56 Å². The number of rotatable bonds is 4. The Kier molecular flexibility index (Phi) is 4.44. The maximum atomic E-state index is 12.4. The van der Waals surface area contributed by atoms with Gasteiger partial charge in [-0.2, -0.15) is 0 Å². The topological polar surface area (TPSA) is 97.6 Å². The third-order valence-electron chi connectivity index (χ3n) is 3.74. The van der Waals surface area contributed by atoms with Crippen LogP contribution in [0.5, 0.6) is 0 Å². The fourth-order valence-corrected chi connectivity index (χ4v) is 3.65. The van der Waals surface area contributed by atoms with E-state index in [0.29, 0.717) is 4.96 Å². The minimum Gasteiger partial charge on any atom is -0.345 e. The fourth-order valence-electron chi connectivity index (χ4n) is 2.34. The molecule has 0 aliphatic heterocycles. The van der Waals surface area contributed by atoms with Gasteiger partial charge in [-0.25, -0.2) is 13.4 Å². The number of hydrogen-bond donors (Lipinski definition) is 1. The van der Waals surface area contributed by atoms with Gasteiger partial charge in [0, 0.05) is 24.0 Å². The number of sulfone groups is 1. The predicted molar refractivity (Wildman–Crippen MR) is 94.8 cm³/mol. The minimum atomic E-state index is -3.27. The number of aromatic nitrogens is 2.